The lowest BCUT2D eigenvalue weighted by atomic mass is 9.70. The molecule has 8 heteroatoms. The van der Waals surface area contributed by atoms with Gasteiger partial charge in [0.1, 0.15) is 5.54 Å². The topological polar surface area (TPSA) is 92.5 Å². The number of likely N-dealkylation sites (tertiary alicyclic amines) is 1. The van der Waals surface area contributed by atoms with Gasteiger partial charge in [0.2, 0.25) is 5.91 Å². The molecule has 166 valence electrons. The Balaban J connectivity index is 1.74. The summed E-state index contributed by atoms with van der Waals surface area (Å²) in [5.41, 5.74) is 1.04. The van der Waals surface area contributed by atoms with Gasteiger partial charge in [0.25, 0.3) is 5.69 Å². The van der Waals surface area contributed by atoms with Gasteiger partial charge in [-0.05, 0) is 30.8 Å². The molecule has 1 unspecified atom stereocenters. The van der Waals surface area contributed by atoms with Gasteiger partial charge in [-0.1, -0.05) is 54.1 Å². The predicted octanol–water partition coefficient (Wildman–Crippen LogP) is 4.62. The fraction of sp³-hybridized carbons (Fsp3) is 0.200. The van der Waals surface area contributed by atoms with Gasteiger partial charge in [-0.2, -0.15) is 0 Å². The molecule has 5 rings (SSSR count). The van der Waals surface area contributed by atoms with Crippen molar-refractivity contribution in [2.24, 2.45) is 5.92 Å². The van der Waals surface area contributed by atoms with Gasteiger partial charge in [-0.3, -0.25) is 24.6 Å². The minimum absolute atomic E-state index is 0.0543. The molecule has 0 aliphatic carbocycles. The number of anilines is 1. The van der Waals surface area contributed by atoms with Crippen molar-refractivity contribution in [3.8, 4) is 0 Å². The van der Waals surface area contributed by atoms with Crippen LogP contribution in [0.3, 0.4) is 0 Å². The number of nitrogens with one attached hydrogen (secondary N) is 1. The smallest absolute Gasteiger partial charge is 0.269 e. The van der Waals surface area contributed by atoms with Crippen LogP contribution in [0.2, 0.25) is 5.02 Å². The normalized spacial score (nSPS) is 24.0. The van der Waals surface area contributed by atoms with Gasteiger partial charge < -0.3 is 5.32 Å². The summed E-state index contributed by atoms with van der Waals surface area (Å²) in [6, 6.07) is 20.3. The number of halogens is 1. The highest BCUT2D eigenvalue weighted by Gasteiger charge is 2.64. The lowest BCUT2D eigenvalue weighted by molar-refractivity contribution is -0.384. The van der Waals surface area contributed by atoms with Gasteiger partial charge in [-0.15, -0.1) is 0 Å². The third-order valence-electron chi connectivity index (χ3n) is 6.76. The Morgan fingerprint density at radius 3 is 2.61 bits per heavy atom. The summed E-state index contributed by atoms with van der Waals surface area (Å²) in [5, 5.41) is 14.8. The van der Waals surface area contributed by atoms with Crippen LogP contribution >= 0.6 is 11.6 Å². The zero-order valence-electron chi connectivity index (χ0n) is 17.7. The number of hydrogen-bond acceptors (Lipinski definition) is 5. The molecule has 2 aliphatic heterocycles. The summed E-state index contributed by atoms with van der Waals surface area (Å²) in [5.74, 6) is -1.76. The van der Waals surface area contributed by atoms with E-state index in [1.54, 1.807) is 61.6 Å². The quantitative estimate of drug-likeness (QED) is 0.347. The number of likely N-dealkylation sites (N-methyl/N-ethyl adjacent to an activating group) is 1. The lowest BCUT2D eigenvalue weighted by Crippen LogP contribution is -2.51. The van der Waals surface area contributed by atoms with Gasteiger partial charge in [0.15, 0.2) is 5.78 Å². The van der Waals surface area contributed by atoms with Crippen molar-refractivity contribution in [3.63, 3.8) is 0 Å². The van der Waals surface area contributed by atoms with Crippen LogP contribution in [0.4, 0.5) is 11.4 Å². The van der Waals surface area contributed by atoms with E-state index in [1.165, 1.54) is 12.1 Å². The number of hydrogen-bond donors (Lipinski definition) is 1. The van der Waals surface area contributed by atoms with Crippen LogP contribution in [0, 0.1) is 16.0 Å². The number of amides is 1. The van der Waals surface area contributed by atoms with E-state index in [2.05, 4.69) is 5.32 Å². The summed E-state index contributed by atoms with van der Waals surface area (Å²) >= 11 is 6.32. The maximum atomic E-state index is 14.0. The van der Waals surface area contributed by atoms with Crippen LogP contribution < -0.4 is 5.32 Å². The van der Waals surface area contributed by atoms with E-state index < -0.39 is 22.3 Å². The van der Waals surface area contributed by atoms with Crippen molar-refractivity contribution >= 4 is 34.7 Å². The molecule has 1 N–H and O–H groups in total. The molecule has 2 heterocycles. The number of fused-ring (bicyclic) bond motifs is 2. The molecular weight excluding hydrogens is 442 g/mol. The number of rotatable bonds is 4. The molecule has 0 radical (unpaired) electrons. The Morgan fingerprint density at radius 1 is 1.12 bits per heavy atom. The van der Waals surface area contributed by atoms with Gasteiger partial charge in [0, 0.05) is 46.4 Å². The summed E-state index contributed by atoms with van der Waals surface area (Å²) in [4.78, 5) is 40.5. The van der Waals surface area contributed by atoms with Gasteiger partial charge >= 0.3 is 0 Å². The Kier molecular flexibility index (Phi) is 5.03. The number of ketones is 1. The first-order valence-corrected chi connectivity index (χ1v) is 10.9. The highest BCUT2D eigenvalue weighted by atomic mass is 35.5. The van der Waals surface area contributed by atoms with Crippen LogP contribution in [0.1, 0.15) is 27.4 Å². The molecule has 3 aromatic rings. The molecule has 1 amide bonds. The first-order chi connectivity index (χ1) is 15.8. The Morgan fingerprint density at radius 2 is 1.88 bits per heavy atom. The first-order valence-electron chi connectivity index (χ1n) is 10.5. The minimum Gasteiger partial charge on any atom is -0.324 e. The van der Waals surface area contributed by atoms with E-state index in [-0.39, 0.29) is 17.4 Å². The molecule has 3 aromatic carbocycles. The van der Waals surface area contributed by atoms with Crippen molar-refractivity contribution in [3.05, 3.63) is 105 Å². The number of Topliss-reactive ketones (excluding diaryl/α,β-unsaturated/α-hetero) is 1. The van der Waals surface area contributed by atoms with Crippen LogP contribution in [0.5, 0.6) is 0 Å². The summed E-state index contributed by atoms with van der Waals surface area (Å²) in [6.45, 7) is 0.365. The average Bonchev–Trinajstić information content (AvgIpc) is 3.29. The third kappa shape index (κ3) is 3.15. The molecule has 1 spiro atoms. The first kappa shape index (κ1) is 21.3. The maximum Gasteiger partial charge on any atom is 0.269 e. The molecule has 7 nitrogen and oxygen atoms in total. The van der Waals surface area contributed by atoms with Gasteiger partial charge in [-0.25, -0.2) is 0 Å². The van der Waals surface area contributed by atoms with Crippen molar-refractivity contribution in [1.82, 2.24) is 4.90 Å². The number of nitrogens with zero attached hydrogens (tertiary/aromatic N) is 2. The molecule has 3 atom stereocenters. The SMILES string of the molecule is CN1C[C@H](c2cccc([N+](=O)[O-])c2)C(C(=O)c2ccccc2)[C@]12C(=O)Nc1ccc(Cl)cc12. The fourth-order valence-electron chi connectivity index (χ4n) is 5.36. The monoisotopic (exact) mass is 461 g/mol. The van der Waals surface area contributed by atoms with Crippen LogP contribution in [-0.2, 0) is 10.3 Å². The van der Waals surface area contributed by atoms with Crippen molar-refractivity contribution in [2.75, 3.05) is 18.9 Å². The summed E-state index contributed by atoms with van der Waals surface area (Å²) in [6.07, 6.45) is 0. The van der Waals surface area contributed by atoms with Crippen LogP contribution in [0.15, 0.2) is 72.8 Å². The standard InChI is InChI=1S/C25H20ClN3O4/c1-28-14-19(16-8-5-9-18(12-16)29(32)33)22(23(30)15-6-3-2-4-7-15)25(28)20-13-17(26)10-11-21(20)27-24(25)31/h2-13,19,22H,14H2,1H3,(H,27,31)/t19-,22?,25-/m1/s1. The van der Waals surface area contributed by atoms with Crippen molar-refractivity contribution < 1.29 is 14.5 Å². The third-order valence-corrected chi connectivity index (χ3v) is 7.00. The molecule has 2 aliphatic rings. The second kappa shape index (κ2) is 7.79. The van der Waals surface area contributed by atoms with Crippen molar-refractivity contribution in [1.29, 1.82) is 0 Å². The second-order valence-electron chi connectivity index (χ2n) is 8.46. The maximum absolute atomic E-state index is 14.0. The number of non-ortho nitro benzene ring substituents is 1. The molecule has 1 saturated heterocycles. The highest BCUT2D eigenvalue weighted by molar-refractivity contribution is 6.31. The number of nitro groups is 1. The zero-order chi connectivity index (χ0) is 23.3. The van der Waals surface area contributed by atoms with E-state index in [9.17, 15) is 19.7 Å². The van der Waals surface area contributed by atoms with E-state index in [1.807, 2.05) is 11.0 Å². The minimum atomic E-state index is -1.29. The predicted molar refractivity (Wildman–Crippen MR) is 124 cm³/mol. The Hall–Kier alpha value is -3.55. The highest BCUT2D eigenvalue weighted by Crippen LogP contribution is 2.56. The lowest BCUT2D eigenvalue weighted by Gasteiger charge is -2.35. The molecule has 33 heavy (non-hydrogen) atoms. The van der Waals surface area contributed by atoms with Crippen LogP contribution in [0.25, 0.3) is 0 Å². The van der Waals surface area contributed by atoms with E-state index in [0.29, 0.717) is 33.9 Å². The Bertz CT molecular complexity index is 1300. The average molecular weight is 462 g/mol. The largest absolute Gasteiger partial charge is 0.324 e. The number of carbonyl (C=O) groups excluding carboxylic acids is 2. The second-order valence-corrected chi connectivity index (χ2v) is 8.89. The van der Waals surface area contributed by atoms with E-state index in [0.717, 1.165) is 0 Å². The number of carbonyl (C=O) groups is 2. The Labute approximate surface area is 195 Å². The summed E-state index contributed by atoms with van der Waals surface area (Å²) in [7, 11) is 1.80. The van der Waals surface area contributed by atoms with E-state index >= 15 is 0 Å². The number of benzene rings is 3. The summed E-state index contributed by atoms with van der Waals surface area (Å²) < 4.78 is 0. The molecule has 0 bridgehead atoms. The molecule has 0 aromatic heterocycles. The van der Waals surface area contributed by atoms with Crippen LogP contribution in [-0.4, -0.2) is 35.1 Å². The number of nitro benzene ring substituents is 1. The molecule has 1 fully saturated rings. The molecule has 0 saturated carbocycles. The van der Waals surface area contributed by atoms with Gasteiger partial charge in [0.05, 0.1) is 10.8 Å². The molecular formula is C25H20ClN3O4. The fourth-order valence-corrected chi connectivity index (χ4v) is 5.53. The van der Waals surface area contributed by atoms with E-state index in [4.69, 9.17) is 11.6 Å². The van der Waals surface area contributed by atoms with Crippen molar-refractivity contribution in [2.45, 2.75) is 11.5 Å². The zero-order valence-corrected chi connectivity index (χ0v) is 18.5.